The van der Waals surface area contributed by atoms with Crippen molar-refractivity contribution < 1.29 is 28.9 Å². The van der Waals surface area contributed by atoms with Crippen molar-refractivity contribution in [1.29, 1.82) is 0 Å². The van der Waals surface area contributed by atoms with Crippen LogP contribution in [-0.4, -0.2) is 16.2 Å². The Hall–Kier alpha value is 1.02. The van der Waals surface area contributed by atoms with Crippen molar-refractivity contribution in [3.63, 3.8) is 0 Å². The molecule has 0 heterocycles. The molecular formula is C16H31O2PS2Zn. The second kappa shape index (κ2) is 15.5. The van der Waals surface area contributed by atoms with Crippen LogP contribution in [0.5, 0.6) is 0 Å². The van der Waals surface area contributed by atoms with Gasteiger partial charge in [-0.2, -0.15) is 0 Å². The fourth-order valence-electron chi connectivity index (χ4n) is 2.06. The monoisotopic (exact) mass is 414 g/mol. The minimum Gasteiger partial charge on any atom is -0.337 e. The molecule has 0 aromatic rings. The first-order valence-electron chi connectivity index (χ1n) is 7.90. The molecule has 3 atom stereocenters. The molecule has 0 aromatic heterocycles. The maximum Gasteiger partial charge on any atom is 0.245 e. The van der Waals surface area contributed by atoms with Crippen LogP contribution in [-0.2, 0) is 35.8 Å². The van der Waals surface area contributed by atoms with Crippen LogP contribution in [0.1, 0.15) is 65.2 Å². The van der Waals surface area contributed by atoms with Crippen LogP contribution in [0.4, 0.5) is 0 Å². The average Bonchev–Trinajstić information content (AvgIpc) is 2.42. The van der Waals surface area contributed by atoms with Crippen LogP contribution < -0.4 is 0 Å². The van der Waals surface area contributed by atoms with E-state index >= 15 is 0 Å². The third-order valence-corrected chi connectivity index (χ3v) is 7.72. The molecule has 0 aromatic carbocycles. The van der Waals surface area contributed by atoms with Gasteiger partial charge in [0.05, 0.1) is 6.10 Å². The van der Waals surface area contributed by atoms with Gasteiger partial charge in [-0.25, -0.2) is 0 Å². The minimum absolute atomic E-state index is 0. The molecule has 6 heteroatoms. The van der Waals surface area contributed by atoms with Crippen LogP contribution in [0.25, 0.3) is 0 Å². The van der Waals surface area contributed by atoms with E-state index in [4.69, 9.17) is 16.3 Å². The summed E-state index contributed by atoms with van der Waals surface area (Å²) < 4.78 is 5.88. The van der Waals surface area contributed by atoms with Gasteiger partial charge in [0.2, 0.25) is 5.69 Å². The molecule has 0 bridgehead atoms. The summed E-state index contributed by atoms with van der Waals surface area (Å²) in [6, 6.07) is 0. The van der Waals surface area contributed by atoms with Gasteiger partial charge in [-0.05, 0) is 37.5 Å². The van der Waals surface area contributed by atoms with Gasteiger partial charge in [-0.1, -0.05) is 63.1 Å². The summed E-state index contributed by atoms with van der Waals surface area (Å²) in [6.45, 7) is 11.9. The van der Waals surface area contributed by atoms with Crippen molar-refractivity contribution in [2.24, 2.45) is 0 Å². The Morgan fingerprint density at radius 3 is 2.18 bits per heavy atom. The largest absolute Gasteiger partial charge is 0.337 e. The minimum atomic E-state index is -2.79. The van der Waals surface area contributed by atoms with E-state index in [0.29, 0.717) is 5.25 Å². The molecule has 0 spiro atoms. The topological polar surface area (TPSA) is 29.5 Å². The van der Waals surface area contributed by atoms with E-state index in [0.717, 1.165) is 51.4 Å². The summed E-state index contributed by atoms with van der Waals surface area (Å²) in [5.74, 6) is 0. The molecule has 0 saturated heterocycles. The summed E-state index contributed by atoms with van der Waals surface area (Å²) in [4.78, 5) is 10.5. The van der Waals surface area contributed by atoms with Crippen LogP contribution in [0.2, 0.25) is 0 Å². The zero-order valence-electron chi connectivity index (χ0n) is 14.2. The van der Waals surface area contributed by atoms with Crippen LogP contribution in [0.3, 0.4) is 0 Å². The van der Waals surface area contributed by atoms with E-state index in [1.54, 1.807) is 0 Å². The molecule has 0 saturated carbocycles. The van der Waals surface area contributed by atoms with Gasteiger partial charge in [0.25, 0.3) is 0 Å². The quantitative estimate of drug-likeness (QED) is 0.207. The molecular weight excluding hydrogens is 385 g/mol. The number of hydrogen-bond donors (Lipinski definition) is 1. The Morgan fingerprint density at radius 1 is 1.14 bits per heavy atom. The van der Waals surface area contributed by atoms with Crippen molar-refractivity contribution in [3.05, 3.63) is 25.3 Å². The molecule has 0 aliphatic heterocycles. The first kappa shape index (κ1) is 25.3. The van der Waals surface area contributed by atoms with Crippen LogP contribution in [0, 0.1) is 0 Å². The zero-order chi connectivity index (χ0) is 16.1. The fourth-order valence-corrected chi connectivity index (χ4v) is 7.23. The molecule has 0 aliphatic carbocycles. The van der Waals surface area contributed by atoms with Crippen molar-refractivity contribution in [3.8, 4) is 0 Å². The van der Waals surface area contributed by atoms with E-state index in [-0.39, 0.29) is 25.6 Å². The Kier molecular flexibility index (Phi) is 17.9. The molecule has 1 N–H and O–H groups in total. The molecule has 0 rings (SSSR count). The van der Waals surface area contributed by atoms with Crippen LogP contribution in [0.15, 0.2) is 25.3 Å². The normalized spacial score (nSPS) is 16.1. The molecule has 0 aliphatic rings. The maximum atomic E-state index is 10.5. The third kappa shape index (κ3) is 13.5. The number of rotatable bonds is 14. The van der Waals surface area contributed by atoms with Crippen LogP contribution >= 0.6 is 17.1 Å². The van der Waals surface area contributed by atoms with E-state index in [2.05, 4.69) is 27.0 Å². The van der Waals surface area contributed by atoms with Gasteiger partial charge in [0, 0.05) is 24.7 Å². The fraction of sp³-hybridized carbons (Fsp3) is 0.750. The third-order valence-electron chi connectivity index (χ3n) is 3.18. The summed E-state index contributed by atoms with van der Waals surface area (Å²) >= 11 is 6.82. The first-order valence-corrected chi connectivity index (χ1v) is 12.1. The molecule has 3 unspecified atom stereocenters. The predicted molar refractivity (Wildman–Crippen MR) is 101 cm³/mol. The van der Waals surface area contributed by atoms with Gasteiger partial charge >= 0.3 is 0 Å². The molecule has 126 valence electrons. The Balaban J connectivity index is 0. The van der Waals surface area contributed by atoms with Gasteiger partial charge in [-0.15, -0.1) is 13.2 Å². The second-order valence-corrected chi connectivity index (χ2v) is 11.6. The predicted octanol–water partition coefficient (Wildman–Crippen LogP) is 6.22. The van der Waals surface area contributed by atoms with Crippen molar-refractivity contribution in [2.75, 3.05) is 0 Å². The number of unbranched alkanes of at least 4 members (excludes halogenated alkanes) is 2. The molecule has 2 nitrogen and oxygen atoms in total. The summed E-state index contributed by atoms with van der Waals surface area (Å²) in [7, 11) is 0. The van der Waals surface area contributed by atoms with E-state index in [1.165, 1.54) is 11.4 Å². The Bertz CT molecular complexity index is 312. The average molecular weight is 416 g/mol. The van der Waals surface area contributed by atoms with Gasteiger partial charge in [0.1, 0.15) is 0 Å². The molecule has 0 amide bonds. The van der Waals surface area contributed by atoms with Gasteiger partial charge in [-0.3, -0.25) is 0 Å². The molecule has 0 radical (unpaired) electrons. The number of hydrogen-bond acceptors (Lipinski definition) is 3. The molecule has 22 heavy (non-hydrogen) atoms. The first-order chi connectivity index (χ1) is 9.99. The summed E-state index contributed by atoms with van der Waals surface area (Å²) in [5, 5.41) is 0.314. The van der Waals surface area contributed by atoms with Crippen molar-refractivity contribution in [2.45, 2.75) is 76.6 Å². The zero-order valence-corrected chi connectivity index (χ0v) is 19.7. The van der Waals surface area contributed by atoms with E-state index in [9.17, 15) is 4.89 Å². The second-order valence-electron chi connectivity index (χ2n) is 5.26. The summed E-state index contributed by atoms with van der Waals surface area (Å²) in [6.07, 6.45) is 11.9. The summed E-state index contributed by atoms with van der Waals surface area (Å²) in [5.41, 5.74) is -2.79. The van der Waals surface area contributed by atoms with Gasteiger partial charge < -0.3 is 9.42 Å². The molecule has 0 fully saturated rings. The Morgan fingerprint density at radius 2 is 1.68 bits per heavy atom. The van der Waals surface area contributed by atoms with E-state index < -0.39 is 5.69 Å². The number of allylic oxidation sites excluding steroid dienone is 1. The van der Waals surface area contributed by atoms with Gasteiger partial charge in [0.15, 0.2) is 0 Å². The maximum absolute atomic E-state index is 10.5. The smallest absolute Gasteiger partial charge is 0.245 e. The standard InChI is InChI=1S/C16H31O2PS2.Zn/c1-5-9-13-15(11-7-3)18-19(17,20)21-16(12-8-4)14-10-6-2;/h7-8,15-16H,3-6,9-14H2,1-2H3,(H,17,20);. The van der Waals surface area contributed by atoms with Crippen molar-refractivity contribution in [1.82, 2.24) is 0 Å². The SMILES string of the molecule is C=CCC(CCCC)OP(O)(=S)SC(CC=C)CCCC.[Zn]. The van der Waals surface area contributed by atoms with Crippen molar-refractivity contribution >= 4 is 28.9 Å². The Labute approximate surface area is 159 Å². The van der Waals surface area contributed by atoms with E-state index in [1.807, 2.05) is 12.2 Å².